The Morgan fingerprint density at radius 3 is 1.91 bits per heavy atom. The molecule has 0 bridgehead atoms. The van der Waals surface area contributed by atoms with Gasteiger partial charge < -0.3 is 15.2 Å². The van der Waals surface area contributed by atoms with Gasteiger partial charge in [0, 0.05) is 57.5 Å². The Balaban J connectivity index is 0. The maximum absolute atomic E-state index is 4.02. The van der Waals surface area contributed by atoms with E-state index < -0.39 is 0 Å². The lowest BCUT2D eigenvalue weighted by Crippen LogP contribution is -2.44. The van der Waals surface area contributed by atoms with Gasteiger partial charge in [0.25, 0.3) is 0 Å². The Labute approximate surface area is 137 Å². The summed E-state index contributed by atoms with van der Waals surface area (Å²) in [5.74, 6) is 0. The van der Waals surface area contributed by atoms with Crippen LogP contribution in [-0.4, -0.2) is 56.4 Å². The molecular weight excluding hydrogens is 274 g/mol. The zero-order valence-corrected chi connectivity index (χ0v) is 15.5. The van der Waals surface area contributed by atoms with E-state index >= 15 is 0 Å². The van der Waals surface area contributed by atoms with Crippen molar-refractivity contribution < 1.29 is 0 Å². The van der Waals surface area contributed by atoms with Gasteiger partial charge in [-0.3, -0.25) is 4.98 Å². The smallest absolute Gasteiger partial charge is 0.0397 e. The first-order valence-electron chi connectivity index (χ1n) is 8.26. The van der Waals surface area contributed by atoms with Crippen molar-refractivity contribution in [3.63, 3.8) is 0 Å². The molecule has 1 aromatic rings. The van der Waals surface area contributed by atoms with Gasteiger partial charge in [-0.1, -0.05) is 27.7 Å². The molecule has 1 saturated heterocycles. The van der Waals surface area contributed by atoms with Gasteiger partial charge in [0.05, 0.1) is 0 Å². The fourth-order valence-corrected chi connectivity index (χ4v) is 1.75. The van der Waals surface area contributed by atoms with Crippen molar-refractivity contribution in [3.8, 4) is 0 Å². The summed E-state index contributed by atoms with van der Waals surface area (Å²) in [5, 5.41) is 3.60. The lowest BCUT2D eigenvalue weighted by atomic mass is 10.3. The van der Waals surface area contributed by atoms with Gasteiger partial charge >= 0.3 is 0 Å². The van der Waals surface area contributed by atoms with Crippen LogP contribution in [0.3, 0.4) is 0 Å². The Hall–Kier alpha value is -1.62. The van der Waals surface area contributed by atoms with Crippen LogP contribution in [0.2, 0.25) is 0 Å². The number of nitrogens with zero attached hydrogens (tertiary/aromatic N) is 4. The van der Waals surface area contributed by atoms with Crippen molar-refractivity contribution in [2.24, 2.45) is 5.10 Å². The lowest BCUT2D eigenvalue weighted by molar-refractivity contribution is 0.313. The molecule has 0 atom stereocenters. The van der Waals surface area contributed by atoms with Gasteiger partial charge in [-0.25, -0.2) is 0 Å². The van der Waals surface area contributed by atoms with Crippen LogP contribution in [0.4, 0.5) is 5.69 Å². The quantitative estimate of drug-likeness (QED) is 0.673. The second-order valence-electron chi connectivity index (χ2n) is 4.11. The highest BCUT2D eigenvalue weighted by Crippen LogP contribution is 2.13. The molecule has 0 amide bonds. The highest BCUT2D eigenvalue weighted by Gasteiger charge is 2.13. The molecule has 5 nitrogen and oxygen atoms in total. The summed E-state index contributed by atoms with van der Waals surface area (Å²) in [7, 11) is 3.93. The molecule has 1 aliphatic heterocycles. The molecule has 1 fully saturated rings. The molecule has 5 heteroatoms. The predicted molar refractivity (Wildman–Crippen MR) is 99.9 cm³/mol. The number of hydrazone groups is 1. The van der Waals surface area contributed by atoms with E-state index in [9.17, 15) is 0 Å². The average molecular weight is 310 g/mol. The number of hydrogen-bond donors (Lipinski definition) is 1. The Bertz CT molecular complexity index is 332. The zero-order chi connectivity index (χ0) is 17.2. The molecular formula is C17H35N5. The van der Waals surface area contributed by atoms with E-state index in [4.69, 9.17) is 0 Å². The molecule has 22 heavy (non-hydrogen) atoms. The molecule has 0 aliphatic carbocycles. The van der Waals surface area contributed by atoms with Crippen molar-refractivity contribution in [2.75, 3.05) is 45.2 Å². The molecule has 128 valence electrons. The number of nitrogens with one attached hydrogen (secondary N) is 1. The average Bonchev–Trinajstić information content (AvgIpc) is 2.61. The minimum absolute atomic E-state index is 1.13. The lowest BCUT2D eigenvalue weighted by Gasteiger charge is -2.33. The van der Waals surface area contributed by atoms with Crippen molar-refractivity contribution in [1.29, 1.82) is 0 Å². The molecule has 2 rings (SSSR count). The number of rotatable bonds is 2. The normalized spacial score (nSPS) is 13.9. The van der Waals surface area contributed by atoms with E-state index in [1.807, 2.05) is 47.0 Å². The third kappa shape index (κ3) is 11.1. The van der Waals surface area contributed by atoms with Crippen molar-refractivity contribution in [3.05, 3.63) is 24.5 Å². The number of anilines is 1. The van der Waals surface area contributed by atoms with Crippen LogP contribution in [0.1, 0.15) is 34.6 Å². The fraction of sp³-hybridized carbons (Fsp3) is 0.647. The van der Waals surface area contributed by atoms with Gasteiger partial charge in [-0.05, 0) is 26.1 Å². The topological polar surface area (TPSA) is 43.8 Å². The summed E-state index contributed by atoms with van der Waals surface area (Å²) in [6.45, 7) is 14.4. The first-order chi connectivity index (χ1) is 10.8. The molecule has 1 N–H and O–H groups in total. The van der Waals surface area contributed by atoms with Gasteiger partial charge in [-0.15, -0.1) is 0 Å². The molecule has 0 spiro atoms. The van der Waals surface area contributed by atoms with Crippen LogP contribution in [0, 0.1) is 0 Å². The Morgan fingerprint density at radius 2 is 1.55 bits per heavy atom. The number of piperazine rings is 1. The predicted octanol–water partition coefficient (Wildman–Crippen LogP) is 3.10. The maximum Gasteiger partial charge on any atom is 0.0397 e. The maximum atomic E-state index is 4.02. The molecule has 2 heterocycles. The van der Waals surface area contributed by atoms with E-state index in [2.05, 4.69) is 44.5 Å². The summed E-state index contributed by atoms with van der Waals surface area (Å²) in [5.41, 5.74) is 3.88. The minimum Gasteiger partial charge on any atom is -0.369 e. The van der Waals surface area contributed by atoms with Gasteiger partial charge in [0.2, 0.25) is 0 Å². The fourth-order valence-electron chi connectivity index (χ4n) is 1.75. The van der Waals surface area contributed by atoms with E-state index in [-0.39, 0.29) is 0 Å². The SMILES string of the molecule is C/C=N\NC.CC.CC.CN1CCN(c2ccncc2)CC1. The molecule has 1 aliphatic rings. The second kappa shape index (κ2) is 17.4. The van der Waals surface area contributed by atoms with Gasteiger partial charge in [-0.2, -0.15) is 5.10 Å². The molecule has 0 saturated carbocycles. The minimum atomic E-state index is 1.13. The van der Waals surface area contributed by atoms with Gasteiger partial charge in [0.15, 0.2) is 0 Å². The zero-order valence-electron chi connectivity index (χ0n) is 15.5. The number of likely N-dealkylation sites (N-methyl/N-ethyl adjacent to an activating group) is 1. The summed E-state index contributed by atoms with van der Waals surface area (Å²) in [4.78, 5) is 8.78. The monoisotopic (exact) mass is 309 g/mol. The highest BCUT2D eigenvalue weighted by atomic mass is 15.3. The highest BCUT2D eigenvalue weighted by molar-refractivity contribution is 5.52. The van der Waals surface area contributed by atoms with Crippen LogP contribution in [-0.2, 0) is 0 Å². The van der Waals surface area contributed by atoms with Crippen LogP contribution >= 0.6 is 0 Å². The number of pyridine rings is 1. The first kappa shape index (κ1) is 22.7. The Morgan fingerprint density at radius 1 is 1.05 bits per heavy atom. The van der Waals surface area contributed by atoms with Crippen molar-refractivity contribution in [1.82, 2.24) is 15.3 Å². The number of hydrogen-bond acceptors (Lipinski definition) is 5. The van der Waals surface area contributed by atoms with E-state index in [0.29, 0.717) is 0 Å². The molecule has 0 radical (unpaired) electrons. The van der Waals surface area contributed by atoms with Crippen molar-refractivity contribution in [2.45, 2.75) is 34.6 Å². The number of aromatic nitrogens is 1. The Kier molecular flexibility index (Phi) is 18.0. The molecule has 0 unspecified atom stereocenters. The standard InChI is InChI=1S/C10H15N3.C3H8N2.2C2H6/c1-12-6-8-13(9-7-12)10-2-4-11-5-3-10;1-3-5-4-2;2*1-2/h2-5H,6-9H2,1H3;3-4H,1-2H3;2*1-2H3/b;5-3-;;. The van der Waals surface area contributed by atoms with Crippen LogP contribution < -0.4 is 10.3 Å². The van der Waals surface area contributed by atoms with Crippen LogP contribution in [0.5, 0.6) is 0 Å². The third-order valence-electron chi connectivity index (χ3n) is 2.79. The summed E-state index contributed by atoms with van der Waals surface area (Å²) < 4.78 is 0. The summed E-state index contributed by atoms with van der Waals surface area (Å²) in [6.07, 6.45) is 5.40. The van der Waals surface area contributed by atoms with Crippen molar-refractivity contribution >= 4 is 11.9 Å². The van der Waals surface area contributed by atoms with E-state index in [1.54, 1.807) is 13.3 Å². The van der Waals surface area contributed by atoms with Gasteiger partial charge in [0.1, 0.15) is 0 Å². The third-order valence-corrected chi connectivity index (χ3v) is 2.79. The second-order valence-corrected chi connectivity index (χ2v) is 4.11. The first-order valence-corrected chi connectivity index (χ1v) is 8.26. The van der Waals surface area contributed by atoms with E-state index in [1.165, 1.54) is 5.69 Å². The summed E-state index contributed by atoms with van der Waals surface area (Å²) in [6, 6.07) is 4.15. The molecule has 1 aromatic heterocycles. The van der Waals surface area contributed by atoms with Crippen LogP contribution in [0.25, 0.3) is 0 Å². The van der Waals surface area contributed by atoms with Crippen LogP contribution in [0.15, 0.2) is 29.6 Å². The van der Waals surface area contributed by atoms with E-state index in [0.717, 1.165) is 26.2 Å². The molecule has 0 aromatic carbocycles. The summed E-state index contributed by atoms with van der Waals surface area (Å²) >= 11 is 0. The largest absolute Gasteiger partial charge is 0.369 e.